The minimum atomic E-state index is -2.33. The molecule has 4 N–H and O–H groups in total. The van der Waals surface area contributed by atoms with E-state index in [2.05, 4.69) is 0 Å². The number of carbonyl (C=O) groups is 3. The number of phenols is 2. The minimum Gasteiger partial charge on any atom is -0.507 e. The van der Waals surface area contributed by atoms with Gasteiger partial charge in [-0.05, 0) is 24.2 Å². The van der Waals surface area contributed by atoms with Crippen LogP contribution < -0.4 is 4.74 Å². The number of benzene rings is 2. The Morgan fingerprint density at radius 1 is 1.08 bits per heavy atom. The Labute approximate surface area is 215 Å². The van der Waals surface area contributed by atoms with Crippen molar-refractivity contribution in [2.75, 3.05) is 13.7 Å². The van der Waals surface area contributed by atoms with E-state index in [4.69, 9.17) is 9.16 Å². The van der Waals surface area contributed by atoms with Crippen LogP contribution in [-0.4, -0.2) is 65.4 Å². The second kappa shape index (κ2) is 8.76. The summed E-state index contributed by atoms with van der Waals surface area (Å²) in [6.07, 6.45) is -2.55. The van der Waals surface area contributed by atoms with Crippen molar-refractivity contribution < 1.29 is 44.0 Å². The Bertz CT molecular complexity index is 1340. The molecule has 0 spiro atoms. The molecule has 0 heterocycles. The van der Waals surface area contributed by atoms with Crippen LogP contribution in [0.4, 0.5) is 0 Å². The zero-order valence-corrected chi connectivity index (χ0v) is 22.8. The van der Waals surface area contributed by atoms with E-state index < -0.39 is 79.4 Å². The first-order valence-electron chi connectivity index (χ1n) is 12.0. The highest BCUT2D eigenvalue weighted by Gasteiger charge is 2.49. The van der Waals surface area contributed by atoms with Gasteiger partial charge in [0, 0.05) is 29.5 Å². The van der Waals surface area contributed by atoms with Crippen molar-refractivity contribution in [3.63, 3.8) is 0 Å². The van der Waals surface area contributed by atoms with Crippen LogP contribution in [0.2, 0.25) is 18.1 Å². The lowest BCUT2D eigenvalue weighted by atomic mass is 9.72. The molecule has 2 aliphatic carbocycles. The zero-order valence-electron chi connectivity index (χ0n) is 21.8. The van der Waals surface area contributed by atoms with Crippen molar-refractivity contribution in [2.45, 2.75) is 63.5 Å². The summed E-state index contributed by atoms with van der Waals surface area (Å²) in [6, 6.07) is 4.42. The summed E-state index contributed by atoms with van der Waals surface area (Å²) >= 11 is 0. The van der Waals surface area contributed by atoms with Gasteiger partial charge >= 0.3 is 0 Å². The van der Waals surface area contributed by atoms with Gasteiger partial charge in [-0.3, -0.25) is 14.4 Å². The fourth-order valence-electron chi connectivity index (χ4n) is 4.75. The molecular formula is C27H32O9Si. The number of ketones is 3. The first-order chi connectivity index (χ1) is 17.1. The number of aromatic hydroxyl groups is 2. The highest BCUT2D eigenvalue weighted by molar-refractivity contribution is 6.74. The summed E-state index contributed by atoms with van der Waals surface area (Å²) < 4.78 is 11.2. The number of hydrogen-bond acceptors (Lipinski definition) is 9. The summed E-state index contributed by atoms with van der Waals surface area (Å²) in [5.41, 5.74) is -3.44. The van der Waals surface area contributed by atoms with Crippen LogP contribution in [0.15, 0.2) is 18.2 Å². The molecule has 2 aliphatic rings. The highest BCUT2D eigenvalue weighted by Crippen LogP contribution is 2.51. The van der Waals surface area contributed by atoms with Gasteiger partial charge in [-0.2, -0.15) is 0 Å². The maximum atomic E-state index is 13.4. The van der Waals surface area contributed by atoms with E-state index in [1.165, 1.54) is 25.3 Å². The average molecular weight is 529 g/mol. The van der Waals surface area contributed by atoms with Crippen molar-refractivity contribution in [3.05, 3.63) is 51.6 Å². The summed E-state index contributed by atoms with van der Waals surface area (Å²) in [7, 11) is -0.990. The van der Waals surface area contributed by atoms with E-state index in [-0.39, 0.29) is 33.0 Å². The van der Waals surface area contributed by atoms with E-state index in [9.17, 15) is 34.8 Å². The molecule has 4 rings (SSSR count). The molecule has 0 saturated carbocycles. The highest BCUT2D eigenvalue weighted by atomic mass is 28.4. The molecular weight excluding hydrogens is 496 g/mol. The van der Waals surface area contributed by atoms with Gasteiger partial charge in [0.1, 0.15) is 22.8 Å². The fourth-order valence-corrected chi connectivity index (χ4v) is 5.68. The van der Waals surface area contributed by atoms with E-state index in [0.29, 0.717) is 0 Å². The van der Waals surface area contributed by atoms with Crippen LogP contribution in [0.1, 0.15) is 76.3 Å². The number of carbonyl (C=O) groups excluding carboxylic acids is 3. The Kier molecular flexibility index (Phi) is 6.39. The van der Waals surface area contributed by atoms with E-state index in [1.54, 1.807) is 0 Å². The lowest BCUT2D eigenvalue weighted by Gasteiger charge is -2.39. The summed E-state index contributed by atoms with van der Waals surface area (Å²) in [6.45, 7) is 9.55. The van der Waals surface area contributed by atoms with Crippen LogP contribution >= 0.6 is 0 Å². The topological polar surface area (TPSA) is 151 Å². The summed E-state index contributed by atoms with van der Waals surface area (Å²) in [4.78, 5) is 39.9. The predicted octanol–water partition coefficient (Wildman–Crippen LogP) is 3.18. The third kappa shape index (κ3) is 4.08. The molecule has 2 aromatic carbocycles. The first kappa shape index (κ1) is 27.0. The molecule has 10 heteroatoms. The van der Waals surface area contributed by atoms with Crippen molar-refractivity contribution in [1.82, 2.24) is 0 Å². The van der Waals surface area contributed by atoms with Gasteiger partial charge in [-0.25, -0.2) is 0 Å². The molecule has 0 saturated heterocycles. The normalized spacial score (nSPS) is 21.2. The molecule has 0 fully saturated rings. The quantitative estimate of drug-likeness (QED) is 0.289. The van der Waals surface area contributed by atoms with Gasteiger partial charge in [0.05, 0.1) is 36.5 Å². The maximum absolute atomic E-state index is 13.4. The molecule has 0 bridgehead atoms. The number of rotatable bonds is 5. The Hall–Kier alpha value is -3.05. The number of Topliss-reactive ketones (excluding diaryl/α,β-unsaturated/α-hetero) is 1. The molecule has 0 aromatic heterocycles. The van der Waals surface area contributed by atoms with E-state index in [0.717, 1.165) is 0 Å². The zero-order chi connectivity index (χ0) is 27.7. The van der Waals surface area contributed by atoms with Crippen LogP contribution in [0.25, 0.3) is 0 Å². The van der Waals surface area contributed by atoms with E-state index in [1.807, 2.05) is 33.9 Å². The minimum absolute atomic E-state index is 0.0167. The van der Waals surface area contributed by atoms with Gasteiger partial charge in [-0.15, -0.1) is 0 Å². The third-order valence-electron chi connectivity index (χ3n) is 7.98. The molecule has 0 radical (unpaired) electrons. The van der Waals surface area contributed by atoms with Crippen molar-refractivity contribution >= 4 is 25.7 Å². The molecule has 9 nitrogen and oxygen atoms in total. The SMILES string of the molecule is COc1cccc2c1C(=O)c1c(O)c3c(c(O)c1C2=O)C[C@@](O)(C(=O)CO[Si](C)(C)C(C)(C)C)C[C@@H]3O. The summed E-state index contributed by atoms with van der Waals surface area (Å²) in [5, 5.41) is 44.3. The largest absolute Gasteiger partial charge is 0.507 e. The monoisotopic (exact) mass is 528 g/mol. The molecule has 2 atom stereocenters. The third-order valence-corrected chi connectivity index (χ3v) is 12.5. The number of ether oxygens (including phenoxy) is 1. The Morgan fingerprint density at radius 2 is 1.70 bits per heavy atom. The van der Waals surface area contributed by atoms with Crippen molar-refractivity contribution in [1.29, 1.82) is 0 Å². The number of fused-ring (bicyclic) bond motifs is 3. The first-order valence-corrected chi connectivity index (χ1v) is 14.9. The second-order valence-corrected chi connectivity index (χ2v) is 16.1. The van der Waals surface area contributed by atoms with Crippen LogP contribution in [-0.2, 0) is 15.6 Å². The maximum Gasteiger partial charge on any atom is 0.202 e. The molecule has 2 aromatic rings. The van der Waals surface area contributed by atoms with Gasteiger partial charge in [0.15, 0.2) is 19.9 Å². The van der Waals surface area contributed by atoms with Crippen molar-refractivity contribution in [3.8, 4) is 17.2 Å². The Balaban J connectivity index is 1.78. The fraction of sp³-hybridized carbons (Fsp3) is 0.444. The van der Waals surface area contributed by atoms with Crippen molar-refractivity contribution in [2.24, 2.45) is 0 Å². The number of hydrogen-bond donors (Lipinski definition) is 4. The van der Waals surface area contributed by atoms with Gasteiger partial charge in [-0.1, -0.05) is 32.9 Å². The van der Waals surface area contributed by atoms with Crippen LogP contribution in [0.3, 0.4) is 0 Å². The number of methoxy groups -OCH3 is 1. The smallest absolute Gasteiger partial charge is 0.202 e. The van der Waals surface area contributed by atoms with Gasteiger partial charge in [0.25, 0.3) is 0 Å². The summed E-state index contributed by atoms with van der Waals surface area (Å²) in [5.74, 6) is -3.36. The standard InChI is InChI=1S/C27H32O9Si/c1-26(2,3)37(5,6)36-12-17(29)27(34)10-14-18(15(28)11-27)24(32)21-20(23(14)31)22(30)13-8-7-9-16(35-4)19(13)25(21)33/h7-9,15,28,31-32,34H,10-12H2,1-6H3/t15-,27-/m0/s1. The van der Waals surface area contributed by atoms with Crippen LogP contribution in [0, 0.1) is 0 Å². The van der Waals surface area contributed by atoms with Crippen LogP contribution in [0.5, 0.6) is 17.2 Å². The average Bonchev–Trinajstić information content (AvgIpc) is 2.81. The Morgan fingerprint density at radius 3 is 2.30 bits per heavy atom. The van der Waals surface area contributed by atoms with Gasteiger partial charge < -0.3 is 29.6 Å². The lowest BCUT2D eigenvalue weighted by Crippen LogP contribution is -2.50. The molecule has 0 unspecified atom stereocenters. The lowest BCUT2D eigenvalue weighted by molar-refractivity contribution is -0.144. The van der Waals surface area contributed by atoms with Gasteiger partial charge in [0.2, 0.25) is 5.78 Å². The number of aliphatic hydroxyl groups excluding tert-OH is 1. The predicted molar refractivity (Wildman–Crippen MR) is 136 cm³/mol. The molecule has 0 amide bonds. The number of aliphatic hydroxyl groups is 2. The molecule has 37 heavy (non-hydrogen) atoms. The van der Waals surface area contributed by atoms with E-state index >= 15 is 0 Å². The number of phenolic OH excluding ortho intramolecular Hbond substituents is 2. The molecule has 0 aliphatic heterocycles. The molecule has 198 valence electrons. The second-order valence-electron chi connectivity index (χ2n) is 11.3.